The highest BCUT2D eigenvalue weighted by molar-refractivity contribution is 6.07. The third kappa shape index (κ3) is 3.74. The SMILES string of the molecule is O=C(Nc1cccc(-c2nncn2C2CC2)c1)c1cc(-c2cccnc2)c2ccccc2n1. The summed E-state index contributed by atoms with van der Waals surface area (Å²) in [5.74, 6) is 0.544. The molecule has 7 nitrogen and oxygen atoms in total. The first-order valence-corrected chi connectivity index (χ1v) is 10.9. The molecule has 160 valence electrons. The Morgan fingerprint density at radius 1 is 0.970 bits per heavy atom. The fourth-order valence-corrected chi connectivity index (χ4v) is 4.05. The molecule has 0 unspecified atom stereocenters. The number of hydrogen-bond acceptors (Lipinski definition) is 5. The maximum Gasteiger partial charge on any atom is 0.274 e. The van der Waals surface area contributed by atoms with Crippen LogP contribution < -0.4 is 5.32 Å². The van der Waals surface area contributed by atoms with Crippen LogP contribution in [0.4, 0.5) is 5.69 Å². The highest BCUT2D eigenvalue weighted by atomic mass is 16.1. The number of carbonyl (C=O) groups is 1. The Labute approximate surface area is 190 Å². The first-order valence-electron chi connectivity index (χ1n) is 10.9. The van der Waals surface area contributed by atoms with Gasteiger partial charge in [0, 0.05) is 40.6 Å². The maximum atomic E-state index is 13.2. The van der Waals surface area contributed by atoms with Crippen molar-refractivity contribution in [1.29, 1.82) is 0 Å². The molecule has 7 heteroatoms. The van der Waals surface area contributed by atoms with Gasteiger partial charge in [0.15, 0.2) is 5.82 Å². The van der Waals surface area contributed by atoms with Crippen LogP contribution >= 0.6 is 0 Å². The summed E-state index contributed by atoms with van der Waals surface area (Å²) in [5.41, 5.74) is 4.56. The summed E-state index contributed by atoms with van der Waals surface area (Å²) in [6, 6.07) is 21.6. The Balaban J connectivity index is 1.34. The minimum atomic E-state index is -0.272. The summed E-state index contributed by atoms with van der Waals surface area (Å²) in [7, 11) is 0. The van der Waals surface area contributed by atoms with E-state index in [1.807, 2.05) is 66.7 Å². The van der Waals surface area contributed by atoms with Gasteiger partial charge < -0.3 is 9.88 Å². The van der Waals surface area contributed by atoms with Gasteiger partial charge >= 0.3 is 0 Å². The third-order valence-electron chi connectivity index (χ3n) is 5.81. The van der Waals surface area contributed by atoms with E-state index in [0.29, 0.717) is 17.4 Å². The highest BCUT2D eigenvalue weighted by Crippen LogP contribution is 2.37. The molecular weight excluding hydrogens is 412 g/mol. The van der Waals surface area contributed by atoms with E-state index in [1.54, 1.807) is 18.7 Å². The number of nitrogens with one attached hydrogen (secondary N) is 1. The van der Waals surface area contributed by atoms with Gasteiger partial charge in [-0.05, 0) is 48.7 Å². The summed E-state index contributed by atoms with van der Waals surface area (Å²) in [4.78, 5) is 22.1. The van der Waals surface area contributed by atoms with Gasteiger partial charge in [-0.2, -0.15) is 0 Å². The van der Waals surface area contributed by atoms with Crippen LogP contribution in [0.3, 0.4) is 0 Å². The first-order chi connectivity index (χ1) is 16.3. The lowest BCUT2D eigenvalue weighted by atomic mass is 10.0. The number of benzene rings is 2. The number of para-hydroxylation sites is 1. The molecule has 1 amide bonds. The van der Waals surface area contributed by atoms with Crippen LogP contribution in [-0.4, -0.2) is 30.6 Å². The van der Waals surface area contributed by atoms with Crippen molar-refractivity contribution < 1.29 is 4.79 Å². The number of pyridine rings is 2. The van der Waals surface area contributed by atoms with Crippen molar-refractivity contribution in [2.24, 2.45) is 0 Å². The van der Waals surface area contributed by atoms with Crippen molar-refractivity contribution in [3.63, 3.8) is 0 Å². The van der Waals surface area contributed by atoms with Gasteiger partial charge in [0.05, 0.1) is 5.52 Å². The molecule has 33 heavy (non-hydrogen) atoms. The van der Waals surface area contributed by atoms with E-state index in [9.17, 15) is 4.79 Å². The quantitative estimate of drug-likeness (QED) is 0.415. The lowest BCUT2D eigenvalue weighted by Gasteiger charge is -2.11. The van der Waals surface area contributed by atoms with E-state index in [1.165, 1.54) is 0 Å². The summed E-state index contributed by atoms with van der Waals surface area (Å²) >= 11 is 0. The van der Waals surface area contributed by atoms with Crippen LogP contribution in [0, 0.1) is 0 Å². The summed E-state index contributed by atoms with van der Waals surface area (Å²) in [6.07, 6.45) is 7.60. The van der Waals surface area contributed by atoms with E-state index >= 15 is 0 Å². The fraction of sp³-hybridized carbons (Fsp3) is 0.115. The number of fused-ring (bicyclic) bond motifs is 1. The second-order valence-corrected chi connectivity index (χ2v) is 8.14. The number of carbonyl (C=O) groups excluding carboxylic acids is 1. The zero-order valence-electron chi connectivity index (χ0n) is 17.7. The van der Waals surface area contributed by atoms with Crippen molar-refractivity contribution in [2.75, 3.05) is 5.32 Å². The molecule has 1 N–H and O–H groups in total. The predicted octanol–water partition coefficient (Wildman–Crippen LogP) is 5.14. The molecule has 0 atom stereocenters. The first kappa shape index (κ1) is 19.3. The van der Waals surface area contributed by atoms with Crippen LogP contribution in [0.2, 0.25) is 0 Å². The zero-order valence-corrected chi connectivity index (χ0v) is 17.7. The molecule has 0 bridgehead atoms. The minimum absolute atomic E-state index is 0.272. The van der Waals surface area contributed by atoms with E-state index in [4.69, 9.17) is 0 Å². The van der Waals surface area contributed by atoms with E-state index in [2.05, 4.69) is 30.0 Å². The maximum absolute atomic E-state index is 13.2. The highest BCUT2D eigenvalue weighted by Gasteiger charge is 2.26. The summed E-state index contributed by atoms with van der Waals surface area (Å²) < 4.78 is 2.10. The normalized spacial score (nSPS) is 13.2. The molecule has 1 aliphatic rings. The average Bonchev–Trinajstić information content (AvgIpc) is 3.60. The van der Waals surface area contributed by atoms with Gasteiger partial charge in [0.1, 0.15) is 12.0 Å². The number of amides is 1. The molecule has 3 heterocycles. The van der Waals surface area contributed by atoms with Gasteiger partial charge in [0.25, 0.3) is 5.91 Å². The average molecular weight is 432 g/mol. The van der Waals surface area contributed by atoms with E-state index < -0.39 is 0 Å². The van der Waals surface area contributed by atoms with Gasteiger partial charge in [-0.25, -0.2) is 4.98 Å². The predicted molar refractivity (Wildman–Crippen MR) is 127 cm³/mol. The Hall–Kier alpha value is -4.39. The molecule has 5 aromatic rings. The lowest BCUT2D eigenvalue weighted by molar-refractivity contribution is 0.102. The Bertz CT molecular complexity index is 1470. The summed E-state index contributed by atoms with van der Waals surface area (Å²) in [6.45, 7) is 0. The van der Waals surface area contributed by atoms with Gasteiger partial charge in [-0.15, -0.1) is 10.2 Å². The van der Waals surface area contributed by atoms with Crippen LogP contribution in [0.1, 0.15) is 29.4 Å². The molecule has 2 aromatic carbocycles. The topological polar surface area (TPSA) is 85.6 Å². The Kier molecular flexibility index (Phi) is 4.65. The van der Waals surface area contributed by atoms with Gasteiger partial charge in [0.2, 0.25) is 0 Å². The van der Waals surface area contributed by atoms with Crippen LogP contribution in [0.25, 0.3) is 33.4 Å². The largest absolute Gasteiger partial charge is 0.321 e. The van der Waals surface area contributed by atoms with E-state index in [0.717, 1.165) is 46.3 Å². The molecular formula is C26H20N6O. The van der Waals surface area contributed by atoms with Crippen molar-refractivity contribution in [3.8, 4) is 22.5 Å². The second kappa shape index (κ2) is 7.94. The molecule has 3 aromatic heterocycles. The van der Waals surface area contributed by atoms with Crippen molar-refractivity contribution in [2.45, 2.75) is 18.9 Å². The molecule has 0 saturated heterocycles. The minimum Gasteiger partial charge on any atom is -0.321 e. The molecule has 1 aliphatic carbocycles. The molecule has 1 fully saturated rings. The monoisotopic (exact) mass is 432 g/mol. The van der Waals surface area contributed by atoms with E-state index in [-0.39, 0.29) is 5.91 Å². The smallest absolute Gasteiger partial charge is 0.274 e. The Morgan fingerprint density at radius 3 is 2.70 bits per heavy atom. The number of rotatable bonds is 5. The standard InChI is InChI=1S/C26H20N6O/c33-26(29-19-7-3-5-17(13-19)25-31-28-16-32(25)20-10-11-20)24-14-22(18-6-4-12-27-15-18)21-8-1-2-9-23(21)30-24/h1-9,12-16,20H,10-11H2,(H,29,33). The summed E-state index contributed by atoms with van der Waals surface area (Å²) in [5, 5.41) is 12.3. The van der Waals surface area contributed by atoms with Crippen LogP contribution in [-0.2, 0) is 0 Å². The molecule has 0 spiro atoms. The fourth-order valence-electron chi connectivity index (χ4n) is 4.05. The van der Waals surface area contributed by atoms with Crippen molar-refractivity contribution >= 4 is 22.5 Å². The van der Waals surface area contributed by atoms with Crippen LogP contribution in [0.5, 0.6) is 0 Å². The Morgan fingerprint density at radius 2 is 1.85 bits per heavy atom. The van der Waals surface area contributed by atoms with Crippen LogP contribution in [0.15, 0.2) is 85.5 Å². The molecule has 6 rings (SSSR count). The molecule has 1 saturated carbocycles. The van der Waals surface area contributed by atoms with Gasteiger partial charge in [-0.3, -0.25) is 9.78 Å². The number of nitrogens with zero attached hydrogens (tertiary/aromatic N) is 5. The molecule has 0 aliphatic heterocycles. The van der Waals surface area contributed by atoms with Gasteiger partial charge in [-0.1, -0.05) is 36.4 Å². The zero-order chi connectivity index (χ0) is 22.2. The van der Waals surface area contributed by atoms with Crippen molar-refractivity contribution in [1.82, 2.24) is 24.7 Å². The number of anilines is 1. The lowest BCUT2D eigenvalue weighted by Crippen LogP contribution is -2.14. The van der Waals surface area contributed by atoms with Crippen molar-refractivity contribution in [3.05, 3.63) is 91.1 Å². The number of aromatic nitrogens is 5. The number of hydrogen-bond donors (Lipinski definition) is 1. The second-order valence-electron chi connectivity index (χ2n) is 8.14. The third-order valence-corrected chi connectivity index (χ3v) is 5.81. The molecule has 0 radical (unpaired) electrons.